The molecule has 0 spiro atoms. The second-order valence-electron chi connectivity index (χ2n) is 3.79. The summed E-state index contributed by atoms with van der Waals surface area (Å²) in [5.41, 5.74) is 1.13. The molecule has 0 aliphatic carbocycles. The van der Waals surface area contributed by atoms with Gasteiger partial charge in [0.25, 0.3) is 0 Å². The highest BCUT2D eigenvalue weighted by atomic mass is 16.3. The molecular weight excluding hydrogens is 174 g/mol. The lowest BCUT2D eigenvalue weighted by atomic mass is 10.1. The Kier molecular flexibility index (Phi) is 3.96. The van der Waals surface area contributed by atoms with E-state index >= 15 is 0 Å². The Bertz CT molecular complexity index is 285. The third-order valence-electron chi connectivity index (χ3n) is 2.52. The van der Waals surface area contributed by atoms with E-state index < -0.39 is 0 Å². The zero-order valence-electron chi connectivity index (χ0n) is 9.12. The third-order valence-corrected chi connectivity index (χ3v) is 2.52. The number of benzene rings is 1. The molecule has 0 radical (unpaired) electrons. The first-order valence-corrected chi connectivity index (χ1v) is 5.18. The van der Waals surface area contributed by atoms with Crippen molar-refractivity contribution >= 4 is 0 Å². The summed E-state index contributed by atoms with van der Waals surface area (Å²) in [5.74, 6) is 0.334. The van der Waals surface area contributed by atoms with Gasteiger partial charge in [-0.25, -0.2) is 0 Å². The van der Waals surface area contributed by atoms with Crippen molar-refractivity contribution in [2.45, 2.75) is 39.3 Å². The van der Waals surface area contributed by atoms with E-state index in [0.29, 0.717) is 11.8 Å². The minimum absolute atomic E-state index is 0.289. The Morgan fingerprint density at radius 3 is 2.64 bits per heavy atom. The fourth-order valence-electron chi connectivity index (χ4n) is 1.43. The van der Waals surface area contributed by atoms with Crippen molar-refractivity contribution in [1.29, 1.82) is 0 Å². The molecule has 1 aromatic carbocycles. The van der Waals surface area contributed by atoms with Crippen LogP contribution in [0.25, 0.3) is 0 Å². The van der Waals surface area contributed by atoms with Crippen molar-refractivity contribution < 1.29 is 5.11 Å². The zero-order valence-corrected chi connectivity index (χ0v) is 9.12. The summed E-state index contributed by atoms with van der Waals surface area (Å²) in [6.45, 7) is 6.44. The van der Waals surface area contributed by atoms with Gasteiger partial charge in [0.15, 0.2) is 0 Å². The van der Waals surface area contributed by atoms with Gasteiger partial charge in [-0.05, 0) is 38.0 Å². The Hall–Kier alpha value is -1.02. The number of phenolic OH excluding ortho intramolecular Hbond substituents is 1. The van der Waals surface area contributed by atoms with Gasteiger partial charge in [0.1, 0.15) is 5.75 Å². The number of rotatable bonds is 4. The number of hydrogen-bond donors (Lipinski definition) is 2. The maximum Gasteiger partial charge on any atom is 0.115 e. The lowest BCUT2D eigenvalue weighted by Crippen LogP contribution is -2.28. The first-order chi connectivity index (χ1) is 6.63. The van der Waals surface area contributed by atoms with Crippen molar-refractivity contribution in [3.05, 3.63) is 29.8 Å². The molecular formula is C12H19NO. The number of hydrogen-bond acceptors (Lipinski definition) is 2. The predicted octanol–water partition coefficient (Wildman–Crippen LogP) is 2.84. The summed E-state index contributed by atoms with van der Waals surface area (Å²) >= 11 is 0. The van der Waals surface area contributed by atoms with E-state index in [4.69, 9.17) is 0 Å². The number of nitrogens with one attached hydrogen (secondary N) is 1. The van der Waals surface area contributed by atoms with Crippen LogP contribution >= 0.6 is 0 Å². The molecule has 14 heavy (non-hydrogen) atoms. The van der Waals surface area contributed by atoms with E-state index in [0.717, 1.165) is 12.0 Å². The van der Waals surface area contributed by atoms with Crippen LogP contribution in [-0.4, -0.2) is 11.1 Å². The fraction of sp³-hybridized carbons (Fsp3) is 0.500. The molecule has 2 unspecified atom stereocenters. The molecule has 2 heteroatoms. The van der Waals surface area contributed by atoms with Gasteiger partial charge < -0.3 is 10.4 Å². The summed E-state index contributed by atoms with van der Waals surface area (Å²) in [6.07, 6.45) is 1.11. The predicted molar refractivity (Wildman–Crippen MR) is 59.4 cm³/mol. The summed E-state index contributed by atoms with van der Waals surface area (Å²) in [7, 11) is 0. The van der Waals surface area contributed by atoms with Gasteiger partial charge in [-0.15, -0.1) is 0 Å². The van der Waals surface area contributed by atoms with E-state index in [9.17, 15) is 5.11 Å². The smallest absolute Gasteiger partial charge is 0.115 e. The average molecular weight is 193 g/mol. The van der Waals surface area contributed by atoms with Gasteiger partial charge in [0.05, 0.1) is 0 Å². The Morgan fingerprint density at radius 2 is 2.07 bits per heavy atom. The molecule has 0 amide bonds. The molecule has 0 aromatic heterocycles. The quantitative estimate of drug-likeness (QED) is 0.770. The SMILES string of the molecule is CCC(C)NC(C)c1cccc(O)c1. The van der Waals surface area contributed by atoms with Crippen LogP contribution in [0.5, 0.6) is 5.75 Å². The normalized spacial score (nSPS) is 15.1. The molecule has 0 saturated heterocycles. The minimum atomic E-state index is 0.289. The van der Waals surface area contributed by atoms with Gasteiger partial charge >= 0.3 is 0 Å². The fourth-order valence-corrected chi connectivity index (χ4v) is 1.43. The second kappa shape index (κ2) is 5.01. The monoisotopic (exact) mass is 193 g/mol. The molecule has 0 bridgehead atoms. The molecule has 2 nitrogen and oxygen atoms in total. The van der Waals surface area contributed by atoms with Crippen LogP contribution in [0.4, 0.5) is 0 Å². The molecule has 1 rings (SSSR count). The Labute approximate surface area is 86.0 Å². The molecule has 0 fully saturated rings. The van der Waals surface area contributed by atoms with Crippen LogP contribution in [0.3, 0.4) is 0 Å². The topological polar surface area (TPSA) is 32.3 Å². The largest absolute Gasteiger partial charge is 0.508 e. The van der Waals surface area contributed by atoms with Crippen molar-refractivity contribution in [3.8, 4) is 5.75 Å². The Morgan fingerprint density at radius 1 is 1.36 bits per heavy atom. The molecule has 0 heterocycles. The highest BCUT2D eigenvalue weighted by molar-refractivity contribution is 5.29. The molecule has 78 valence electrons. The molecule has 0 aliphatic rings. The van der Waals surface area contributed by atoms with Crippen LogP contribution in [0.1, 0.15) is 38.8 Å². The summed E-state index contributed by atoms with van der Waals surface area (Å²) < 4.78 is 0. The van der Waals surface area contributed by atoms with E-state index in [1.807, 2.05) is 12.1 Å². The summed E-state index contributed by atoms with van der Waals surface area (Å²) in [5, 5.41) is 12.8. The highest BCUT2D eigenvalue weighted by Gasteiger charge is 2.07. The van der Waals surface area contributed by atoms with Gasteiger partial charge in [0, 0.05) is 12.1 Å². The van der Waals surface area contributed by atoms with Gasteiger partial charge in [0.2, 0.25) is 0 Å². The maximum atomic E-state index is 9.33. The highest BCUT2D eigenvalue weighted by Crippen LogP contribution is 2.18. The van der Waals surface area contributed by atoms with Crippen LogP contribution < -0.4 is 5.32 Å². The van der Waals surface area contributed by atoms with Crippen LogP contribution in [-0.2, 0) is 0 Å². The minimum Gasteiger partial charge on any atom is -0.508 e. The zero-order chi connectivity index (χ0) is 10.6. The van der Waals surface area contributed by atoms with E-state index in [-0.39, 0.29) is 6.04 Å². The summed E-state index contributed by atoms with van der Waals surface area (Å²) in [4.78, 5) is 0. The van der Waals surface area contributed by atoms with E-state index in [2.05, 4.69) is 26.1 Å². The van der Waals surface area contributed by atoms with Crippen molar-refractivity contribution in [2.75, 3.05) is 0 Å². The van der Waals surface area contributed by atoms with Crippen LogP contribution in [0, 0.1) is 0 Å². The Balaban J connectivity index is 2.64. The molecule has 2 N–H and O–H groups in total. The summed E-state index contributed by atoms with van der Waals surface area (Å²) in [6, 6.07) is 8.20. The maximum absolute atomic E-state index is 9.33. The molecule has 0 saturated carbocycles. The number of phenols is 1. The standard InChI is InChI=1S/C12H19NO/c1-4-9(2)13-10(3)11-6-5-7-12(14)8-11/h5-10,13-14H,4H2,1-3H3. The number of aromatic hydroxyl groups is 1. The lowest BCUT2D eigenvalue weighted by Gasteiger charge is -2.19. The van der Waals surface area contributed by atoms with Crippen LogP contribution in [0.15, 0.2) is 24.3 Å². The van der Waals surface area contributed by atoms with E-state index in [1.165, 1.54) is 0 Å². The van der Waals surface area contributed by atoms with Gasteiger partial charge in [-0.3, -0.25) is 0 Å². The molecule has 0 aliphatic heterocycles. The average Bonchev–Trinajstić information content (AvgIpc) is 2.17. The van der Waals surface area contributed by atoms with Crippen LogP contribution in [0.2, 0.25) is 0 Å². The molecule has 2 atom stereocenters. The van der Waals surface area contributed by atoms with Gasteiger partial charge in [-0.2, -0.15) is 0 Å². The van der Waals surface area contributed by atoms with Crippen molar-refractivity contribution in [2.24, 2.45) is 0 Å². The second-order valence-corrected chi connectivity index (χ2v) is 3.79. The first-order valence-electron chi connectivity index (χ1n) is 5.18. The lowest BCUT2D eigenvalue weighted by molar-refractivity contribution is 0.457. The van der Waals surface area contributed by atoms with Crippen molar-refractivity contribution in [3.63, 3.8) is 0 Å². The van der Waals surface area contributed by atoms with Crippen molar-refractivity contribution in [1.82, 2.24) is 5.32 Å². The first kappa shape index (κ1) is 11.1. The molecule has 1 aromatic rings. The van der Waals surface area contributed by atoms with E-state index in [1.54, 1.807) is 12.1 Å². The third kappa shape index (κ3) is 3.04. The van der Waals surface area contributed by atoms with Gasteiger partial charge in [-0.1, -0.05) is 19.1 Å².